The summed E-state index contributed by atoms with van der Waals surface area (Å²) < 4.78 is 18.0. The summed E-state index contributed by atoms with van der Waals surface area (Å²) in [5.74, 6) is -1.53. The van der Waals surface area contributed by atoms with E-state index in [0.29, 0.717) is 5.56 Å². The fourth-order valence-electron chi connectivity index (χ4n) is 1.58. The number of ether oxygens (including phenoxy) is 1. The molecule has 0 saturated carbocycles. The number of benzene rings is 1. The van der Waals surface area contributed by atoms with Crippen molar-refractivity contribution in [2.24, 2.45) is 5.41 Å². The molecule has 0 fully saturated rings. The highest BCUT2D eigenvalue weighted by Gasteiger charge is 2.38. The number of halogens is 1. The van der Waals surface area contributed by atoms with E-state index in [9.17, 15) is 14.0 Å². The van der Waals surface area contributed by atoms with Gasteiger partial charge in [0.1, 0.15) is 11.2 Å². The van der Waals surface area contributed by atoms with E-state index >= 15 is 0 Å². The number of carbonyl (C=O) groups is 2. The van der Waals surface area contributed by atoms with Crippen molar-refractivity contribution < 1.29 is 18.7 Å². The maximum Gasteiger partial charge on any atom is 0.319 e. The summed E-state index contributed by atoms with van der Waals surface area (Å²) in [7, 11) is 0. The minimum absolute atomic E-state index is 0.206. The van der Waals surface area contributed by atoms with Gasteiger partial charge in [0, 0.05) is 5.56 Å². The molecule has 0 atom stereocenters. The van der Waals surface area contributed by atoms with E-state index in [-0.39, 0.29) is 12.2 Å². The summed E-state index contributed by atoms with van der Waals surface area (Å²) in [6, 6.07) is 3.95. The summed E-state index contributed by atoms with van der Waals surface area (Å²) in [4.78, 5) is 24.0. The van der Waals surface area contributed by atoms with Gasteiger partial charge in [0.2, 0.25) is 0 Å². The van der Waals surface area contributed by atoms with Gasteiger partial charge >= 0.3 is 5.97 Å². The first-order valence-corrected chi connectivity index (χ1v) is 5.79. The van der Waals surface area contributed by atoms with Gasteiger partial charge in [0.15, 0.2) is 5.78 Å². The van der Waals surface area contributed by atoms with Gasteiger partial charge in [-0.1, -0.05) is 6.07 Å². The molecule has 1 aromatic carbocycles. The number of hydrogen-bond donors (Lipinski definition) is 0. The van der Waals surface area contributed by atoms with E-state index in [1.54, 1.807) is 13.8 Å². The Morgan fingerprint density at radius 1 is 1.33 bits per heavy atom. The number of esters is 1. The molecule has 0 radical (unpaired) electrons. The van der Waals surface area contributed by atoms with Crippen LogP contribution in [-0.4, -0.2) is 18.4 Å². The second kappa shape index (κ2) is 5.29. The Morgan fingerprint density at radius 2 is 1.94 bits per heavy atom. The van der Waals surface area contributed by atoms with Crippen LogP contribution in [0.15, 0.2) is 18.2 Å². The van der Waals surface area contributed by atoms with Crippen LogP contribution in [0, 0.1) is 18.2 Å². The number of aryl methyl sites for hydroxylation is 1. The number of hydrogen-bond acceptors (Lipinski definition) is 3. The van der Waals surface area contributed by atoms with Crippen LogP contribution in [0.3, 0.4) is 0 Å². The molecule has 0 aromatic heterocycles. The zero-order valence-electron chi connectivity index (χ0n) is 11.0. The minimum Gasteiger partial charge on any atom is -0.465 e. The molecule has 0 bridgehead atoms. The van der Waals surface area contributed by atoms with E-state index in [1.807, 2.05) is 0 Å². The third-order valence-corrected chi connectivity index (χ3v) is 2.80. The highest BCUT2D eigenvalue weighted by atomic mass is 19.1. The molecule has 0 heterocycles. The molecular formula is C14H17FO3. The maximum atomic E-state index is 13.2. The van der Waals surface area contributed by atoms with Crippen LogP contribution >= 0.6 is 0 Å². The second-order valence-corrected chi connectivity index (χ2v) is 4.63. The Hall–Kier alpha value is -1.71. The van der Waals surface area contributed by atoms with Crippen molar-refractivity contribution in [3.8, 4) is 0 Å². The molecule has 1 rings (SSSR count). The molecule has 0 saturated heterocycles. The average Bonchev–Trinajstić information content (AvgIpc) is 2.31. The van der Waals surface area contributed by atoms with Gasteiger partial charge < -0.3 is 4.74 Å². The third kappa shape index (κ3) is 2.75. The van der Waals surface area contributed by atoms with Gasteiger partial charge in [0.05, 0.1) is 6.61 Å². The highest BCUT2D eigenvalue weighted by molar-refractivity contribution is 6.12. The fraction of sp³-hybridized carbons (Fsp3) is 0.429. The van der Waals surface area contributed by atoms with Crippen molar-refractivity contribution >= 4 is 11.8 Å². The third-order valence-electron chi connectivity index (χ3n) is 2.80. The van der Waals surface area contributed by atoms with Gasteiger partial charge in [0.25, 0.3) is 0 Å². The molecule has 0 spiro atoms. The molecule has 0 aliphatic carbocycles. The largest absolute Gasteiger partial charge is 0.465 e. The van der Waals surface area contributed by atoms with Crippen LogP contribution in [0.4, 0.5) is 4.39 Å². The Kier molecular flexibility index (Phi) is 4.22. The van der Waals surface area contributed by atoms with E-state index in [1.165, 1.54) is 26.0 Å². The highest BCUT2D eigenvalue weighted by Crippen LogP contribution is 2.26. The first-order chi connectivity index (χ1) is 8.30. The second-order valence-electron chi connectivity index (χ2n) is 4.63. The van der Waals surface area contributed by atoms with Crippen molar-refractivity contribution in [2.75, 3.05) is 6.61 Å². The Labute approximate surface area is 106 Å². The first-order valence-electron chi connectivity index (χ1n) is 5.79. The normalized spacial score (nSPS) is 11.2. The van der Waals surface area contributed by atoms with Crippen LogP contribution in [0.25, 0.3) is 0 Å². The Balaban J connectivity index is 3.13. The molecule has 0 aliphatic rings. The summed E-state index contributed by atoms with van der Waals surface area (Å²) in [6.45, 7) is 6.55. The molecule has 4 heteroatoms. The number of rotatable bonds is 4. The van der Waals surface area contributed by atoms with Gasteiger partial charge in [-0.3, -0.25) is 9.59 Å². The molecule has 0 aliphatic heterocycles. The van der Waals surface area contributed by atoms with E-state index in [0.717, 1.165) is 6.07 Å². The van der Waals surface area contributed by atoms with E-state index in [2.05, 4.69) is 0 Å². The topological polar surface area (TPSA) is 43.4 Å². The summed E-state index contributed by atoms with van der Waals surface area (Å²) in [6.07, 6.45) is 0. The lowest BCUT2D eigenvalue weighted by molar-refractivity contribution is -0.150. The number of Topliss-reactive ketones (excluding diaryl/α,β-unsaturated/α-hetero) is 1. The van der Waals surface area contributed by atoms with Crippen LogP contribution in [0.1, 0.15) is 36.7 Å². The lowest BCUT2D eigenvalue weighted by atomic mass is 9.83. The molecule has 0 unspecified atom stereocenters. The van der Waals surface area contributed by atoms with Crippen LogP contribution in [0.5, 0.6) is 0 Å². The quantitative estimate of drug-likeness (QED) is 0.470. The maximum absolute atomic E-state index is 13.2. The van der Waals surface area contributed by atoms with Crippen molar-refractivity contribution in [3.63, 3.8) is 0 Å². The Bertz CT molecular complexity index is 478. The molecule has 0 amide bonds. The van der Waals surface area contributed by atoms with Gasteiger partial charge in [-0.15, -0.1) is 0 Å². The molecule has 98 valence electrons. The summed E-state index contributed by atoms with van der Waals surface area (Å²) >= 11 is 0. The summed E-state index contributed by atoms with van der Waals surface area (Å²) in [5.41, 5.74) is -0.457. The van der Waals surface area contributed by atoms with Crippen LogP contribution < -0.4 is 0 Å². The fourth-order valence-corrected chi connectivity index (χ4v) is 1.58. The zero-order chi connectivity index (χ0) is 13.9. The van der Waals surface area contributed by atoms with E-state index in [4.69, 9.17) is 4.74 Å². The lowest BCUT2D eigenvalue weighted by Gasteiger charge is -2.21. The van der Waals surface area contributed by atoms with Crippen LogP contribution in [0.2, 0.25) is 0 Å². The van der Waals surface area contributed by atoms with Crippen molar-refractivity contribution in [3.05, 3.63) is 35.1 Å². The zero-order valence-corrected chi connectivity index (χ0v) is 11.0. The predicted octanol–water partition coefficient (Wildman–Crippen LogP) is 2.91. The molecule has 3 nitrogen and oxygen atoms in total. The average molecular weight is 252 g/mol. The molecule has 1 aromatic rings. The number of ketones is 1. The van der Waals surface area contributed by atoms with Gasteiger partial charge in [-0.05, 0) is 45.4 Å². The molecule has 0 N–H and O–H groups in total. The lowest BCUT2D eigenvalue weighted by Crippen LogP contribution is -2.35. The Morgan fingerprint density at radius 3 is 2.50 bits per heavy atom. The number of carbonyl (C=O) groups excluding carboxylic acids is 2. The standard InChI is InChI=1S/C14H17FO3/c1-5-18-13(17)14(3,4)12(16)11-8-10(15)7-6-9(11)2/h6-8H,5H2,1-4H3. The minimum atomic E-state index is -1.31. The van der Waals surface area contributed by atoms with Crippen LogP contribution in [-0.2, 0) is 9.53 Å². The monoisotopic (exact) mass is 252 g/mol. The van der Waals surface area contributed by atoms with Crippen molar-refractivity contribution in [1.82, 2.24) is 0 Å². The van der Waals surface area contributed by atoms with Crippen molar-refractivity contribution in [2.45, 2.75) is 27.7 Å². The van der Waals surface area contributed by atoms with Gasteiger partial charge in [-0.25, -0.2) is 4.39 Å². The molecular weight excluding hydrogens is 235 g/mol. The smallest absolute Gasteiger partial charge is 0.319 e. The van der Waals surface area contributed by atoms with Crippen molar-refractivity contribution in [1.29, 1.82) is 0 Å². The van der Waals surface area contributed by atoms with E-state index < -0.39 is 23.0 Å². The SMILES string of the molecule is CCOC(=O)C(C)(C)C(=O)c1cc(F)ccc1C. The summed E-state index contributed by atoms with van der Waals surface area (Å²) in [5, 5.41) is 0. The first kappa shape index (κ1) is 14.4. The molecule has 18 heavy (non-hydrogen) atoms. The van der Waals surface area contributed by atoms with Gasteiger partial charge in [-0.2, -0.15) is 0 Å². The predicted molar refractivity (Wildman–Crippen MR) is 65.9 cm³/mol.